The van der Waals surface area contributed by atoms with Gasteiger partial charge in [0.2, 0.25) is 11.7 Å². The van der Waals surface area contributed by atoms with Gasteiger partial charge in [-0.2, -0.15) is 16.3 Å². The molecule has 0 aliphatic carbocycles. The number of rotatable bonds is 7. The molecular formula is C17H16N4O4S. The highest BCUT2D eigenvalue weighted by atomic mass is 32.1. The third kappa shape index (κ3) is 4.67. The number of thiophene rings is 1. The van der Waals surface area contributed by atoms with Crippen molar-refractivity contribution in [3.05, 3.63) is 58.6 Å². The van der Waals surface area contributed by atoms with Gasteiger partial charge in [-0.3, -0.25) is 0 Å². The number of amides is 2. The molecule has 0 fully saturated rings. The highest BCUT2D eigenvalue weighted by molar-refractivity contribution is 7.08. The summed E-state index contributed by atoms with van der Waals surface area (Å²) in [6, 6.07) is 9.28. The first kappa shape index (κ1) is 17.6. The van der Waals surface area contributed by atoms with Crippen LogP contribution in [-0.2, 0) is 17.8 Å². The van der Waals surface area contributed by atoms with Crippen molar-refractivity contribution in [1.82, 2.24) is 20.8 Å². The minimum absolute atomic E-state index is 0.000641. The van der Waals surface area contributed by atoms with E-state index >= 15 is 0 Å². The standard InChI is InChI=1S/C17H16N4O4S/c22-16(23)13(8-11-4-2-1-3-5-11)19-17(24)18-9-14-20-15(21-25-14)12-6-7-26-10-12/h1-7,10,13H,8-9H2,(H,22,23)(H2,18,19,24)/t13-/m1/s1. The highest BCUT2D eigenvalue weighted by Crippen LogP contribution is 2.18. The van der Waals surface area contributed by atoms with Crippen molar-refractivity contribution in [3.8, 4) is 11.4 Å². The summed E-state index contributed by atoms with van der Waals surface area (Å²) in [7, 11) is 0. The lowest BCUT2D eigenvalue weighted by atomic mass is 10.1. The van der Waals surface area contributed by atoms with Crippen LogP contribution in [0.25, 0.3) is 11.4 Å². The summed E-state index contributed by atoms with van der Waals surface area (Å²) in [6.07, 6.45) is 0.187. The van der Waals surface area contributed by atoms with Gasteiger partial charge in [0.25, 0.3) is 0 Å². The predicted molar refractivity (Wildman–Crippen MR) is 94.6 cm³/mol. The molecule has 134 valence electrons. The minimum Gasteiger partial charge on any atom is -0.480 e. The molecule has 2 heterocycles. The van der Waals surface area contributed by atoms with Crippen LogP contribution in [-0.4, -0.2) is 33.3 Å². The van der Waals surface area contributed by atoms with Gasteiger partial charge in [-0.25, -0.2) is 9.59 Å². The molecule has 0 bridgehead atoms. The number of carbonyl (C=O) groups excluding carboxylic acids is 1. The number of hydrogen-bond acceptors (Lipinski definition) is 6. The first-order valence-corrected chi connectivity index (χ1v) is 8.72. The van der Waals surface area contributed by atoms with Crippen molar-refractivity contribution < 1.29 is 19.2 Å². The van der Waals surface area contributed by atoms with Crippen LogP contribution in [0.1, 0.15) is 11.5 Å². The Balaban J connectivity index is 1.53. The van der Waals surface area contributed by atoms with E-state index in [0.717, 1.165) is 11.1 Å². The number of nitrogens with one attached hydrogen (secondary N) is 2. The van der Waals surface area contributed by atoms with Crippen LogP contribution in [0.2, 0.25) is 0 Å². The molecule has 1 atom stereocenters. The number of carboxylic acid groups (broad SMARTS) is 1. The summed E-state index contributed by atoms with van der Waals surface area (Å²) >= 11 is 1.52. The molecule has 3 rings (SSSR count). The van der Waals surface area contributed by atoms with Crippen LogP contribution in [0.3, 0.4) is 0 Å². The fourth-order valence-electron chi connectivity index (χ4n) is 2.25. The van der Waals surface area contributed by atoms with Crippen molar-refractivity contribution in [2.24, 2.45) is 0 Å². The third-order valence-corrected chi connectivity index (χ3v) is 4.22. The summed E-state index contributed by atoms with van der Waals surface area (Å²) in [5.74, 6) is -0.436. The molecule has 3 N–H and O–H groups in total. The molecule has 0 aliphatic heterocycles. The normalized spacial score (nSPS) is 11.7. The Morgan fingerprint density at radius 2 is 2.04 bits per heavy atom. The summed E-state index contributed by atoms with van der Waals surface area (Å²) in [5.41, 5.74) is 1.65. The summed E-state index contributed by atoms with van der Waals surface area (Å²) in [6.45, 7) is 0.000641. The van der Waals surface area contributed by atoms with Gasteiger partial charge in [0, 0.05) is 17.4 Å². The topological polar surface area (TPSA) is 117 Å². The van der Waals surface area contributed by atoms with E-state index in [2.05, 4.69) is 20.8 Å². The zero-order valence-corrected chi connectivity index (χ0v) is 14.4. The molecule has 8 nitrogen and oxygen atoms in total. The Morgan fingerprint density at radius 3 is 2.73 bits per heavy atom. The van der Waals surface area contributed by atoms with Crippen LogP contribution in [0.15, 0.2) is 51.7 Å². The molecule has 1 aromatic carbocycles. The average molecular weight is 372 g/mol. The van der Waals surface area contributed by atoms with E-state index in [1.54, 1.807) is 12.1 Å². The van der Waals surface area contributed by atoms with Crippen LogP contribution >= 0.6 is 11.3 Å². The number of hydrogen-bond donors (Lipinski definition) is 3. The Morgan fingerprint density at radius 1 is 1.23 bits per heavy atom. The molecule has 2 amide bonds. The van der Waals surface area contributed by atoms with E-state index in [4.69, 9.17) is 4.52 Å². The van der Waals surface area contributed by atoms with Gasteiger partial charge in [-0.15, -0.1) is 0 Å². The van der Waals surface area contributed by atoms with Crippen LogP contribution in [0.4, 0.5) is 4.79 Å². The molecule has 0 spiro atoms. The Labute approximate surface area is 152 Å². The van der Waals surface area contributed by atoms with Crippen molar-refractivity contribution in [2.45, 2.75) is 19.0 Å². The zero-order valence-electron chi connectivity index (χ0n) is 13.6. The van der Waals surface area contributed by atoms with E-state index in [9.17, 15) is 14.7 Å². The van der Waals surface area contributed by atoms with Crippen LogP contribution in [0, 0.1) is 0 Å². The van der Waals surface area contributed by atoms with Gasteiger partial charge in [0.05, 0.1) is 6.54 Å². The van der Waals surface area contributed by atoms with Crippen molar-refractivity contribution in [1.29, 1.82) is 0 Å². The maximum Gasteiger partial charge on any atom is 0.326 e. The average Bonchev–Trinajstić information content (AvgIpc) is 3.31. The SMILES string of the molecule is O=C(NCc1nc(-c2ccsc2)no1)N[C@H](Cc1ccccc1)C(=O)O. The van der Waals surface area contributed by atoms with E-state index in [0.29, 0.717) is 5.82 Å². The minimum atomic E-state index is -1.11. The third-order valence-electron chi connectivity index (χ3n) is 3.53. The summed E-state index contributed by atoms with van der Waals surface area (Å²) in [5, 5.41) is 21.9. The first-order valence-electron chi connectivity index (χ1n) is 7.78. The lowest BCUT2D eigenvalue weighted by Gasteiger charge is -2.14. The molecule has 0 saturated heterocycles. The Bertz CT molecular complexity index is 864. The number of benzene rings is 1. The van der Waals surface area contributed by atoms with Gasteiger partial charge in [-0.1, -0.05) is 35.5 Å². The highest BCUT2D eigenvalue weighted by Gasteiger charge is 2.20. The quantitative estimate of drug-likeness (QED) is 0.586. The first-order chi connectivity index (χ1) is 12.6. The second-order valence-corrected chi connectivity index (χ2v) is 6.21. The number of urea groups is 1. The molecule has 0 unspecified atom stereocenters. The van der Waals surface area contributed by atoms with E-state index in [1.165, 1.54) is 11.3 Å². The second-order valence-electron chi connectivity index (χ2n) is 5.43. The van der Waals surface area contributed by atoms with Crippen LogP contribution < -0.4 is 10.6 Å². The monoisotopic (exact) mass is 372 g/mol. The smallest absolute Gasteiger partial charge is 0.326 e. The second kappa shape index (κ2) is 8.26. The van der Waals surface area contributed by atoms with Crippen LogP contribution in [0.5, 0.6) is 0 Å². The maximum atomic E-state index is 12.0. The number of carbonyl (C=O) groups is 2. The van der Waals surface area contributed by atoms with E-state index in [-0.39, 0.29) is 18.9 Å². The summed E-state index contributed by atoms with van der Waals surface area (Å²) < 4.78 is 5.07. The van der Waals surface area contributed by atoms with Crippen molar-refractivity contribution in [3.63, 3.8) is 0 Å². The Hall–Kier alpha value is -3.20. The zero-order chi connectivity index (χ0) is 18.4. The van der Waals surface area contributed by atoms with E-state index in [1.807, 2.05) is 35.0 Å². The van der Waals surface area contributed by atoms with E-state index < -0.39 is 18.0 Å². The molecular weight excluding hydrogens is 356 g/mol. The van der Waals surface area contributed by atoms with Gasteiger partial charge in [0.1, 0.15) is 6.04 Å². The molecule has 9 heteroatoms. The molecule has 26 heavy (non-hydrogen) atoms. The number of carboxylic acids is 1. The molecule has 0 aliphatic rings. The van der Waals surface area contributed by atoms with Gasteiger partial charge in [0.15, 0.2) is 0 Å². The van der Waals surface area contributed by atoms with Gasteiger partial charge in [-0.05, 0) is 17.0 Å². The van der Waals surface area contributed by atoms with Gasteiger partial charge >= 0.3 is 12.0 Å². The fraction of sp³-hybridized carbons (Fsp3) is 0.176. The van der Waals surface area contributed by atoms with Crippen molar-refractivity contribution >= 4 is 23.3 Å². The van der Waals surface area contributed by atoms with Gasteiger partial charge < -0.3 is 20.3 Å². The molecule has 3 aromatic rings. The number of aliphatic carboxylic acids is 1. The maximum absolute atomic E-state index is 12.0. The predicted octanol–water partition coefficient (Wildman–Crippen LogP) is 2.29. The lowest BCUT2D eigenvalue weighted by molar-refractivity contribution is -0.139. The number of nitrogens with zero attached hydrogens (tertiary/aromatic N) is 2. The fourth-order valence-corrected chi connectivity index (χ4v) is 2.88. The largest absolute Gasteiger partial charge is 0.480 e. The lowest BCUT2D eigenvalue weighted by Crippen LogP contribution is -2.46. The Kier molecular flexibility index (Phi) is 5.59. The molecule has 2 aromatic heterocycles. The number of aromatic nitrogens is 2. The summed E-state index contributed by atoms with van der Waals surface area (Å²) in [4.78, 5) is 27.5. The van der Waals surface area contributed by atoms with Crippen molar-refractivity contribution in [2.75, 3.05) is 0 Å². The molecule has 0 radical (unpaired) electrons. The molecule has 0 saturated carbocycles.